The first-order valence-electron chi connectivity index (χ1n) is 9.80. The zero-order valence-corrected chi connectivity index (χ0v) is 18.2. The van der Waals surface area contributed by atoms with E-state index in [9.17, 15) is 9.59 Å². The average Bonchev–Trinajstić information content (AvgIpc) is 2.67. The lowest BCUT2D eigenvalue weighted by Gasteiger charge is -2.29. The number of amides is 1. The fraction of sp³-hybridized carbons (Fsp3) is 0.435. The number of benzene rings is 1. The van der Waals surface area contributed by atoms with Gasteiger partial charge < -0.3 is 10.1 Å². The molecule has 0 bridgehead atoms. The predicted molar refractivity (Wildman–Crippen MR) is 117 cm³/mol. The normalized spacial score (nSPS) is 12.6. The number of nitrogens with one attached hydrogen (secondary N) is 1. The first kappa shape index (κ1) is 24.6. The van der Waals surface area contributed by atoms with Crippen molar-refractivity contribution in [3.05, 3.63) is 66.0 Å². The number of Topliss-reactive ketones (excluding diaryl/α,β-unsaturated/α-hetero) is 1. The van der Waals surface area contributed by atoms with Crippen molar-refractivity contribution in [1.29, 1.82) is 0 Å². The number of hydrogen-bond acceptors (Lipinski definition) is 4. The summed E-state index contributed by atoms with van der Waals surface area (Å²) in [5, 5.41) is 2.82. The summed E-state index contributed by atoms with van der Waals surface area (Å²) in [6, 6.07) is 13.3. The monoisotopic (exact) mass is 418 g/mol. The number of halogens is 1. The molecule has 2 aromatic rings. The zero-order chi connectivity index (χ0) is 20.4. The number of ether oxygens (including phenoxy) is 1. The van der Waals surface area contributed by atoms with Crippen LogP contribution in [0.3, 0.4) is 0 Å². The molecule has 0 fully saturated rings. The number of carbonyl (C=O) groups is 2. The molecule has 6 heteroatoms. The summed E-state index contributed by atoms with van der Waals surface area (Å²) < 4.78 is 5.32. The van der Waals surface area contributed by atoms with Gasteiger partial charge in [0.2, 0.25) is 0 Å². The molecule has 0 saturated carbocycles. The topological polar surface area (TPSA) is 68.3 Å². The van der Waals surface area contributed by atoms with Crippen molar-refractivity contribution in [3.63, 3.8) is 0 Å². The van der Waals surface area contributed by atoms with Gasteiger partial charge in [-0.15, -0.1) is 12.4 Å². The minimum Gasteiger partial charge on any atom is -0.445 e. The molecule has 0 aliphatic heterocycles. The van der Waals surface area contributed by atoms with Crippen LogP contribution in [0.5, 0.6) is 0 Å². The Morgan fingerprint density at radius 2 is 1.72 bits per heavy atom. The van der Waals surface area contributed by atoms with Gasteiger partial charge in [0.1, 0.15) is 12.1 Å². The Morgan fingerprint density at radius 1 is 1.07 bits per heavy atom. The van der Waals surface area contributed by atoms with E-state index in [-0.39, 0.29) is 24.8 Å². The van der Waals surface area contributed by atoms with Crippen molar-refractivity contribution in [2.45, 2.75) is 58.6 Å². The number of alkyl carbamates (subject to hydrolysis) is 1. The summed E-state index contributed by atoms with van der Waals surface area (Å²) in [4.78, 5) is 29.3. The molecule has 5 nitrogen and oxygen atoms in total. The highest BCUT2D eigenvalue weighted by atomic mass is 35.5. The lowest BCUT2D eigenvalue weighted by Crippen LogP contribution is -2.54. The second-order valence-electron chi connectivity index (χ2n) is 7.76. The number of ketones is 1. The Kier molecular flexibility index (Phi) is 10.4. The summed E-state index contributed by atoms with van der Waals surface area (Å²) in [6.07, 6.45) is 5.37. The molecule has 1 heterocycles. The van der Waals surface area contributed by atoms with E-state index in [1.807, 2.05) is 30.3 Å². The smallest absolute Gasteiger partial charge is 0.408 e. The lowest BCUT2D eigenvalue weighted by atomic mass is 9.85. The highest BCUT2D eigenvalue weighted by Gasteiger charge is 2.35. The van der Waals surface area contributed by atoms with Gasteiger partial charge >= 0.3 is 6.09 Å². The van der Waals surface area contributed by atoms with E-state index in [1.165, 1.54) is 0 Å². The lowest BCUT2D eigenvalue weighted by molar-refractivity contribution is -0.124. The molecule has 29 heavy (non-hydrogen) atoms. The Balaban J connectivity index is 0.00000420. The number of aromatic nitrogens is 1. The summed E-state index contributed by atoms with van der Waals surface area (Å²) in [5.41, 5.74) is 0.836. The SMILES string of the molecule is CC(C)CCCC(=O)[C@](C)(Cc1ccccc1)NC(=O)OCc1ccncc1.Cl. The van der Waals surface area contributed by atoms with E-state index in [4.69, 9.17) is 4.74 Å². The number of nitrogens with zero attached hydrogens (tertiary/aromatic N) is 1. The molecule has 0 aliphatic carbocycles. The van der Waals surface area contributed by atoms with Gasteiger partial charge in [-0.25, -0.2) is 4.79 Å². The maximum atomic E-state index is 13.0. The Morgan fingerprint density at radius 3 is 2.34 bits per heavy atom. The van der Waals surface area contributed by atoms with Crippen LogP contribution in [0.15, 0.2) is 54.9 Å². The summed E-state index contributed by atoms with van der Waals surface area (Å²) in [7, 11) is 0. The number of pyridine rings is 1. The van der Waals surface area contributed by atoms with Crippen LogP contribution in [0.1, 0.15) is 51.2 Å². The quantitative estimate of drug-likeness (QED) is 0.581. The Hall–Kier alpha value is -2.40. The Labute approximate surface area is 179 Å². The van der Waals surface area contributed by atoms with Gasteiger partial charge in [-0.2, -0.15) is 0 Å². The standard InChI is InChI=1S/C23H30N2O3.ClH/c1-18(2)8-7-11-21(26)23(3,16-19-9-5-4-6-10-19)25-22(27)28-17-20-12-14-24-15-13-20;/h4-6,9-10,12-15,18H,7-8,11,16-17H2,1-3H3,(H,25,27);1H/t23-;/m0./s1. The van der Waals surface area contributed by atoms with Crippen LogP contribution >= 0.6 is 12.4 Å². The Bertz CT molecular complexity index is 753. The highest BCUT2D eigenvalue weighted by Crippen LogP contribution is 2.19. The van der Waals surface area contributed by atoms with Crippen LogP contribution < -0.4 is 5.32 Å². The molecule has 0 radical (unpaired) electrons. The molecule has 1 atom stereocenters. The first-order chi connectivity index (χ1) is 13.4. The molecule has 1 N–H and O–H groups in total. The van der Waals surface area contributed by atoms with Crippen molar-refractivity contribution in [3.8, 4) is 0 Å². The van der Waals surface area contributed by atoms with Crippen LogP contribution in [0, 0.1) is 5.92 Å². The third-order valence-electron chi connectivity index (χ3n) is 4.70. The summed E-state index contributed by atoms with van der Waals surface area (Å²) >= 11 is 0. The van der Waals surface area contributed by atoms with Crippen molar-refractivity contribution in [2.75, 3.05) is 0 Å². The van der Waals surface area contributed by atoms with Gasteiger partial charge in [-0.3, -0.25) is 9.78 Å². The van der Waals surface area contributed by atoms with Gasteiger partial charge in [0, 0.05) is 25.2 Å². The van der Waals surface area contributed by atoms with E-state index in [0.717, 1.165) is 24.0 Å². The van der Waals surface area contributed by atoms with E-state index in [2.05, 4.69) is 24.1 Å². The first-order valence-corrected chi connectivity index (χ1v) is 9.80. The molecule has 0 unspecified atom stereocenters. The van der Waals surface area contributed by atoms with E-state index in [0.29, 0.717) is 18.8 Å². The van der Waals surface area contributed by atoms with Gasteiger partial charge in [0.25, 0.3) is 0 Å². The minimum atomic E-state index is -1.01. The molecular weight excluding hydrogens is 388 g/mol. The minimum absolute atomic E-state index is 0. The molecule has 0 saturated heterocycles. The van der Waals surface area contributed by atoms with E-state index >= 15 is 0 Å². The maximum absolute atomic E-state index is 13.0. The second kappa shape index (κ2) is 12.2. The van der Waals surface area contributed by atoms with Crippen LogP contribution in [0.4, 0.5) is 4.79 Å². The zero-order valence-electron chi connectivity index (χ0n) is 17.4. The van der Waals surface area contributed by atoms with Gasteiger partial charge in [-0.1, -0.05) is 50.6 Å². The van der Waals surface area contributed by atoms with Gasteiger partial charge in [-0.05, 0) is 42.5 Å². The molecule has 1 amide bonds. The number of carbonyl (C=O) groups excluding carboxylic acids is 2. The number of hydrogen-bond donors (Lipinski definition) is 1. The summed E-state index contributed by atoms with van der Waals surface area (Å²) in [5.74, 6) is 0.573. The number of rotatable bonds is 10. The maximum Gasteiger partial charge on any atom is 0.408 e. The molecular formula is C23H31ClN2O3. The third-order valence-corrected chi connectivity index (χ3v) is 4.70. The second-order valence-corrected chi connectivity index (χ2v) is 7.76. The third kappa shape index (κ3) is 8.65. The van der Waals surface area contributed by atoms with Gasteiger partial charge in [0.05, 0.1) is 0 Å². The van der Waals surface area contributed by atoms with Crippen LogP contribution in [-0.4, -0.2) is 22.4 Å². The van der Waals surface area contributed by atoms with E-state index in [1.54, 1.807) is 31.5 Å². The van der Waals surface area contributed by atoms with Crippen molar-refractivity contribution >= 4 is 24.3 Å². The summed E-state index contributed by atoms with van der Waals surface area (Å²) in [6.45, 7) is 6.20. The van der Waals surface area contributed by atoms with Crippen molar-refractivity contribution in [1.82, 2.24) is 10.3 Å². The van der Waals surface area contributed by atoms with Crippen molar-refractivity contribution in [2.24, 2.45) is 5.92 Å². The van der Waals surface area contributed by atoms with E-state index < -0.39 is 11.6 Å². The molecule has 0 spiro atoms. The molecule has 2 rings (SSSR count). The van der Waals surface area contributed by atoms with Crippen LogP contribution in [0.2, 0.25) is 0 Å². The average molecular weight is 419 g/mol. The van der Waals surface area contributed by atoms with Crippen molar-refractivity contribution < 1.29 is 14.3 Å². The molecule has 158 valence electrons. The van der Waals surface area contributed by atoms with Crippen LogP contribution in [-0.2, 0) is 22.6 Å². The fourth-order valence-corrected chi connectivity index (χ4v) is 3.05. The van der Waals surface area contributed by atoms with Gasteiger partial charge in [0.15, 0.2) is 5.78 Å². The molecule has 1 aromatic carbocycles. The molecule has 0 aliphatic rings. The highest BCUT2D eigenvalue weighted by molar-refractivity contribution is 5.91. The molecule has 1 aromatic heterocycles. The van der Waals surface area contributed by atoms with Crippen LogP contribution in [0.25, 0.3) is 0 Å². The predicted octanol–water partition coefficient (Wildman–Crippen LogP) is 5.13. The largest absolute Gasteiger partial charge is 0.445 e. The fourth-order valence-electron chi connectivity index (χ4n) is 3.05.